The van der Waals surface area contributed by atoms with Crippen LogP contribution < -0.4 is 0 Å². The normalized spacial score (nSPS) is 18.6. The summed E-state index contributed by atoms with van der Waals surface area (Å²) in [6.07, 6.45) is 1.56. The van der Waals surface area contributed by atoms with Gasteiger partial charge in [0.1, 0.15) is 0 Å². The van der Waals surface area contributed by atoms with Crippen molar-refractivity contribution in [1.29, 1.82) is 5.41 Å². The van der Waals surface area contributed by atoms with E-state index in [0.717, 1.165) is 0 Å². The van der Waals surface area contributed by atoms with Crippen LogP contribution in [0.2, 0.25) is 0 Å². The highest BCUT2D eigenvalue weighted by atomic mass is 32.2. The van der Waals surface area contributed by atoms with E-state index in [1.165, 1.54) is 6.08 Å². The van der Waals surface area contributed by atoms with Gasteiger partial charge in [-0.05, 0) is 26.3 Å². The Hall–Kier alpha value is -0.970. The van der Waals surface area contributed by atoms with E-state index < -0.39 is 15.1 Å². The summed E-state index contributed by atoms with van der Waals surface area (Å²) < 4.78 is 23.3. The maximum atomic E-state index is 11.7. The van der Waals surface area contributed by atoms with Crippen LogP contribution in [0.1, 0.15) is 26.7 Å². The zero-order valence-electron chi connectivity index (χ0n) is 8.20. The van der Waals surface area contributed by atoms with E-state index in [1.807, 2.05) is 0 Å². The molecule has 0 aromatic rings. The zero-order valence-corrected chi connectivity index (χ0v) is 9.02. The number of allylic oxidation sites excluding steroid dienone is 2. The molecule has 0 aromatic carbocycles. The molecule has 0 aliphatic heterocycles. The molecule has 0 amide bonds. The lowest BCUT2D eigenvalue weighted by atomic mass is 10.0. The van der Waals surface area contributed by atoms with Gasteiger partial charge < -0.3 is 0 Å². The van der Waals surface area contributed by atoms with Crippen LogP contribution in [-0.2, 0) is 14.6 Å². The average molecular weight is 215 g/mol. The fraction of sp³-hybridized carbons (Fsp3) is 0.556. The summed E-state index contributed by atoms with van der Waals surface area (Å²) >= 11 is 0. The maximum Gasteiger partial charge on any atom is 0.180 e. The Morgan fingerprint density at radius 1 is 1.36 bits per heavy atom. The van der Waals surface area contributed by atoms with E-state index in [-0.39, 0.29) is 29.2 Å². The highest BCUT2D eigenvalue weighted by Gasteiger charge is 2.27. The van der Waals surface area contributed by atoms with E-state index in [0.29, 0.717) is 0 Å². The van der Waals surface area contributed by atoms with Gasteiger partial charge in [0.15, 0.2) is 15.6 Å². The second-order valence-corrected chi connectivity index (χ2v) is 6.10. The molecule has 1 aliphatic rings. The van der Waals surface area contributed by atoms with Crippen LogP contribution in [-0.4, -0.2) is 25.2 Å². The van der Waals surface area contributed by atoms with E-state index >= 15 is 0 Å². The molecule has 78 valence electrons. The largest absolute Gasteiger partial charge is 0.297 e. The Morgan fingerprint density at radius 2 is 1.93 bits per heavy atom. The van der Waals surface area contributed by atoms with Gasteiger partial charge in [0.05, 0.1) is 11.0 Å². The molecule has 1 aliphatic carbocycles. The van der Waals surface area contributed by atoms with Crippen molar-refractivity contribution in [2.75, 3.05) is 0 Å². The Morgan fingerprint density at radius 3 is 2.36 bits per heavy atom. The van der Waals surface area contributed by atoms with Crippen molar-refractivity contribution in [3.05, 3.63) is 11.0 Å². The predicted octanol–water partition coefficient (Wildman–Crippen LogP) is 1.08. The molecule has 0 heterocycles. The minimum absolute atomic E-state index is 0.136. The highest BCUT2D eigenvalue weighted by molar-refractivity contribution is 7.95. The first-order valence-electron chi connectivity index (χ1n) is 4.42. The zero-order chi connectivity index (χ0) is 10.9. The predicted molar refractivity (Wildman–Crippen MR) is 54.1 cm³/mol. The Kier molecular flexibility index (Phi) is 2.89. The van der Waals surface area contributed by atoms with Crippen molar-refractivity contribution in [2.24, 2.45) is 0 Å². The van der Waals surface area contributed by atoms with Crippen molar-refractivity contribution < 1.29 is 13.2 Å². The van der Waals surface area contributed by atoms with Crippen LogP contribution in [0.3, 0.4) is 0 Å². The van der Waals surface area contributed by atoms with Gasteiger partial charge in [-0.1, -0.05) is 0 Å². The topological polar surface area (TPSA) is 75.1 Å². The first-order chi connectivity index (χ1) is 6.35. The Balaban J connectivity index is 3.08. The molecule has 0 spiro atoms. The number of hydrogen-bond acceptors (Lipinski definition) is 4. The first kappa shape index (κ1) is 11.1. The molecule has 0 atom stereocenters. The molecule has 4 nitrogen and oxygen atoms in total. The summed E-state index contributed by atoms with van der Waals surface area (Å²) in [7, 11) is -3.29. The molecule has 0 saturated carbocycles. The lowest BCUT2D eigenvalue weighted by Crippen LogP contribution is -2.23. The number of carbonyl (C=O) groups is 1. The second kappa shape index (κ2) is 3.65. The lowest BCUT2D eigenvalue weighted by Gasteiger charge is -2.15. The molecule has 0 fully saturated rings. The van der Waals surface area contributed by atoms with E-state index in [1.54, 1.807) is 13.8 Å². The summed E-state index contributed by atoms with van der Waals surface area (Å²) in [5, 5.41) is 6.76. The molecule has 0 bridgehead atoms. The quantitative estimate of drug-likeness (QED) is 0.748. The van der Waals surface area contributed by atoms with Gasteiger partial charge >= 0.3 is 0 Å². The fourth-order valence-corrected chi connectivity index (χ4v) is 2.49. The third-order valence-corrected chi connectivity index (χ3v) is 4.48. The number of Topliss-reactive ketones (excluding diaryl/α,β-unsaturated/α-hetero) is 1. The van der Waals surface area contributed by atoms with Gasteiger partial charge in [-0.25, -0.2) is 8.42 Å². The fourth-order valence-electron chi connectivity index (χ4n) is 1.21. The number of sulfone groups is 1. The SMILES string of the molecule is CC(C)S(=O)(=O)C1=CC(=N)C(=O)CC1. The summed E-state index contributed by atoms with van der Waals surface area (Å²) in [5.41, 5.74) is -0.199. The molecule has 0 radical (unpaired) electrons. The molecule has 1 N–H and O–H groups in total. The lowest BCUT2D eigenvalue weighted by molar-refractivity contribution is -0.113. The Bertz CT molecular complexity index is 404. The molecule has 14 heavy (non-hydrogen) atoms. The molecule has 0 aromatic heterocycles. The molecular weight excluding hydrogens is 202 g/mol. The van der Waals surface area contributed by atoms with Crippen molar-refractivity contribution in [1.82, 2.24) is 0 Å². The number of hydrogen-bond donors (Lipinski definition) is 1. The van der Waals surface area contributed by atoms with Crippen LogP contribution in [0.25, 0.3) is 0 Å². The molecule has 1 rings (SSSR count). The van der Waals surface area contributed by atoms with Gasteiger partial charge in [-0.3, -0.25) is 10.2 Å². The summed E-state index contributed by atoms with van der Waals surface area (Å²) in [6.45, 7) is 3.19. The van der Waals surface area contributed by atoms with Crippen molar-refractivity contribution in [2.45, 2.75) is 31.9 Å². The van der Waals surface area contributed by atoms with Crippen molar-refractivity contribution >= 4 is 21.3 Å². The summed E-state index contributed by atoms with van der Waals surface area (Å²) in [5.74, 6) is -0.285. The number of rotatable bonds is 2. The van der Waals surface area contributed by atoms with Gasteiger partial charge in [0.2, 0.25) is 0 Å². The van der Waals surface area contributed by atoms with Crippen molar-refractivity contribution in [3.63, 3.8) is 0 Å². The first-order valence-corrected chi connectivity index (χ1v) is 5.96. The van der Waals surface area contributed by atoms with Gasteiger partial charge in [-0.2, -0.15) is 0 Å². The number of nitrogens with one attached hydrogen (secondary N) is 1. The standard InChI is InChI=1S/C9H13NO3S/c1-6(2)14(12,13)7-3-4-9(11)8(10)5-7/h5-6,10H,3-4H2,1-2H3. The number of carbonyl (C=O) groups excluding carboxylic acids is 1. The van der Waals surface area contributed by atoms with Gasteiger partial charge in [-0.15, -0.1) is 0 Å². The van der Waals surface area contributed by atoms with Crippen LogP contribution in [0.15, 0.2) is 11.0 Å². The van der Waals surface area contributed by atoms with Crippen LogP contribution in [0.4, 0.5) is 0 Å². The maximum absolute atomic E-state index is 11.7. The monoisotopic (exact) mass is 215 g/mol. The van der Waals surface area contributed by atoms with Gasteiger partial charge in [0.25, 0.3) is 0 Å². The van der Waals surface area contributed by atoms with E-state index in [9.17, 15) is 13.2 Å². The summed E-state index contributed by atoms with van der Waals surface area (Å²) in [4.78, 5) is 11.2. The highest BCUT2D eigenvalue weighted by Crippen LogP contribution is 2.22. The van der Waals surface area contributed by atoms with Crippen LogP contribution in [0.5, 0.6) is 0 Å². The minimum atomic E-state index is -3.29. The smallest absolute Gasteiger partial charge is 0.180 e. The summed E-state index contributed by atoms with van der Waals surface area (Å²) in [6, 6.07) is 0. The van der Waals surface area contributed by atoms with E-state index in [2.05, 4.69) is 0 Å². The second-order valence-electron chi connectivity index (χ2n) is 3.54. The minimum Gasteiger partial charge on any atom is -0.297 e. The average Bonchev–Trinajstić information content (AvgIpc) is 2.09. The third kappa shape index (κ3) is 1.92. The van der Waals surface area contributed by atoms with Crippen molar-refractivity contribution in [3.8, 4) is 0 Å². The third-order valence-electron chi connectivity index (χ3n) is 2.19. The van der Waals surface area contributed by atoms with Crippen LogP contribution in [0, 0.1) is 5.41 Å². The molecular formula is C9H13NO3S. The Labute approximate surface area is 83.4 Å². The molecule has 0 saturated heterocycles. The van der Waals surface area contributed by atoms with Crippen LogP contribution >= 0.6 is 0 Å². The van der Waals surface area contributed by atoms with E-state index in [4.69, 9.17) is 5.41 Å². The molecule has 0 unspecified atom stereocenters. The molecule has 5 heteroatoms. The number of ketones is 1. The van der Waals surface area contributed by atoms with Gasteiger partial charge in [0, 0.05) is 11.3 Å².